The molecule has 1 aromatic carbocycles. The van der Waals surface area contributed by atoms with E-state index in [0.29, 0.717) is 13.2 Å². The van der Waals surface area contributed by atoms with E-state index in [2.05, 4.69) is 5.43 Å². The van der Waals surface area contributed by atoms with E-state index < -0.39 is 0 Å². The molecule has 1 rings (SSSR count). The zero-order valence-corrected chi connectivity index (χ0v) is 8.27. The van der Waals surface area contributed by atoms with Crippen molar-refractivity contribution in [1.29, 1.82) is 0 Å². The number of hydrazine groups is 1. The van der Waals surface area contributed by atoms with Crippen LogP contribution in [0.5, 0.6) is 5.75 Å². The maximum absolute atomic E-state index is 5.49. The Labute approximate surface area is 84.0 Å². The quantitative estimate of drug-likeness (QED) is 0.515. The van der Waals surface area contributed by atoms with Gasteiger partial charge in [0.1, 0.15) is 12.4 Å². The molecule has 0 heterocycles. The van der Waals surface area contributed by atoms with Crippen molar-refractivity contribution in [3.8, 4) is 5.75 Å². The van der Waals surface area contributed by atoms with Gasteiger partial charge in [-0.15, -0.1) is 0 Å². The summed E-state index contributed by atoms with van der Waals surface area (Å²) >= 11 is 0. The smallest absolute Gasteiger partial charge is 0.119 e. The Morgan fingerprint density at radius 3 is 2.57 bits per heavy atom. The van der Waals surface area contributed by atoms with Crippen molar-refractivity contribution in [2.24, 2.45) is 5.84 Å². The molecule has 1 atom stereocenters. The summed E-state index contributed by atoms with van der Waals surface area (Å²) in [5.74, 6) is 6.15. The summed E-state index contributed by atoms with van der Waals surface area (Å²) in [6.07, 6.45) is 0. The van der Waals surface area contributed by atoms with E-state index in [9.17, 15) is 0 Å². The summed E-state index contributed by atoms with van der Waals surface area (Å²) in [7, 11) is 1.63. The van der Waals surface area contributed by atoms with Crippen LogP contribution in [0.25, 0.3) is 0 Å². The van der Waals surface area contributed by atoms with Crippen LogP contribution in [0.4, 0.5) is 0 Å². The van der Waals surface area contributed by atoms with Crippen LogP contribution in [-0.4, -0.2) is 26.4 Å². The zero-order chi connectivity index (χ0) is 10.2. The number of para-hydroxylation sites is 1. The largest absolute Gasteiger partial charge is 0.492 e. The monoisotopic (exact) mass is 196 g/mol. The lowest BCUT2D eigenvalue weighted by molar-refractivity contribution is 0.136. The molecule has 0 aliphatic rings. The molecule has 0 fully saturated rings. The van der Waals surface area contributed by atoms with E-state index in [1.165, 1.54) is 0 Å². The number of nitrogens with one attached hydrogen (secondary N) is 1. The van der Waals surface area contributed by atoms with E-state index in [1.807, 2.05) is 30.3 Å². The van der Waals surface area contributed by atoms with Crippen LogP contribution in [0.15, 0.2) is 30.3 Å². The van der Waals surface area contributed by atoms with Crippen molar-refractivity contribution in [2.75, 3.05) is 20.3 Å². The molecular weight excluding hydrogens is 180 g/mol. The predicted octanol–water partition coefficient (Wildman–Crippen LogP) is 0.544. The second-order valence-corrected chi connectivity index (χ2v) is 2.94. The molecule has 1 aromatic rings. The Bertz CT molecular complexity index is 241. The molecule has 4 nitrogen and oxygen atoms in total. The van der Waals surface area contributed by atoms with E-state index in [1.54, 1.807) is 7.11 Å². The highest BCUT2D eigenvalue weighted by atomic mass is 16.5. The summed E-state index contributed by atoms with van der Waals surface area (Å²) in [6, 6.07) is 9.62. The summed E-state index contributed by atoms with van der Waals surface area (Å²) in [4.78, 5) is 0. The highest BCUT2D eigenvalue weighted by Gasteiger charge is 2.05. The zero-order valence-electron chi connectivity index (χ0n) is 8.27. The van der Waals surface area contributed by atoms with Gasteiger partial charge in [0.25, 0.3) is 0 Å². The number of hydrogen-bond donors (Lipinski definition) is 2. The van der Waals surface area contributed by atoms with Gasteiger partial charge in [-0.05, 0) is 12.1 Å². The first-order valence-electron chi connectivity index (χ1n) is 4.49. The topological polar surface area (TPSA) is 56.5 Å². The number of benzene rings is 1. The molecule has 14 heavy (non-hydrogen) atoms. The van der Waals surface area contributed by atoms with Crippen LogP contribution < -0.4 is 16.0 Å². The van der Waals surface area contributed by atoms with Gasteiger partial charge in [0.15, 0.2) is 0 Å². The average molecular weight is 196 g/mol. The minimum Gasteiger partial charge on any atom is -0.492 e. The molecule has 0 aliphatic carbocycles. The van der Waals surface area contributed by atoms with Crippen molar-refractivity contribution in [1.82, 2.24) is 5.43 Å². The van der Waals surface area contributed by atoms with E-state index >= 15 is 0 Å². The third kappa shape index (κ3) is 3.74. The third-order valence-corrected chi connectivity index (χ3v) is 1.80. The van der Waals surface area contributed by atoms with Gasteiger partial charge < -0.3 is 9.47 Å². The third-order valence-electron chi connectivity index (χ3n) is 1.80. The van der Waals surface area contributed by atoms with E-state index in [-0.39, 0.29) is 6.04 Å². The molecule has 0 saturated carbocycles. The summed E-state index contributed by atoms with van der Waals surface area (Å²) in [5.41, 5.74) is 2.62. The summed E-state index contributed by atoms with van der Waals surface area (Å²) in [6.45, 7) is 1.03. The molecule has 78 valence electrons. The van der Waals surface area contributed by atoms with Crippen molar-refractivity contribution >= 4 is 0 Å². The maximum atomic E-state index is 5.49. The van der Waals surface area contributed by atoms with Gasteiger partial charge in [-0.2, -0.15) is 0 Å². The first-order valence-corrected chi connectivity index (χ1v) is 4.49. The molecule has 4 heteroatoms. The molecule has 0 radical (unpaired) electrons. The maximum Gasteiger partial charge on any atom is 0.119 e. The Balaban J connectivity index is 2.32. The van der Waals surface area contributed by atoms with Crippen LogP contribution in [-0.2, 0) is 4.74 Å². The van der Waals surface area contributed by atoms with Crippen molar-refractivity contribution in [2.45, 2.75) is 6.04 Å². The van der Waals surface area contributed by atoms with Gasteiger partial charge in [0, 0.05) is 7.11 Å². The van der Waals surface area contributed by atoms with Gasteiger partial charge in [0.2, 0.25) is 0 Å². The van der Waals surface area contributed by atoms with Crippen LogP contribution in [0, 0.1) is 0 Å². The van der Waals surface area contributed by atoms with Gasteiger partial charge in [-0.3, -0.25) is 11.3 Å². The SMILES string of the molecule is COCC(COc1ccccc1)NN. The lowest BCUT2D eigenvalue weighted by Gasteiger charge is -2.15. The highest BCUT2D eigenvalue weighted by molar-refractivity contribution is 5.20. The van der Waals surface area contributed by atoms with Crippen molar-refractivity contribution in [3.05, 3.63) is 30.3 Å². The number of nitrogens with two attached hydrogens (primary N) is 1. The van der Waals surface area contributed by atoms with E-state index in [4.69, 9.17) is 15.3 Å². The molecule has 0 aliphatic heterocycles. The number of ether oxygens (including phenoxy) is 2. The lowest BCUT2D eigenvalue weighted by Crippen LogP contribution is -2.42. The Hall–Kier alpha value is -1.10. The normalized spacial score (nSPS) is 12.4. The Morgan fingerprint density at radius 2 is 2.00 bits per heavy atom. The molecule has 0 aromatic heterocycles. The molecular formula is C10H16N2O2. The van der Waals surface area contributed by atoms with Crippen molar-refractivity contribution < 1.29 is 9.47 Å². The predicted molar refractivity (Wildman–Crippen MR) is 54.9 cm³/mol. The Kier molecular flexibility index (Phi) is 4.99. The van der Waals surface area contributed by atoms with Gasteiger partial charge in [-0.25, -0.2) is 0 Å². The molecule has 0 bridgehead atoms. The van der Waals surface area contributed by atoms with Crippen LogP contribution in [0.2, 0.25) is 0 Å². The molecule has 1 unspecified atom stereocenters. The number of hydrogen-bond acceptors (Lipinski definition) is 4. The Morgan fingerprint density at radius 1 is 1.29 bits per heavy atom. The molecule has 0 amide bonds. The minimum absolute atomic E-state index is 0.0141. The van der Waals surface area contributed by atoms with Crippen LogP contribution >= 0.6 is 0 Å². The highest BCUT2D eigenvalue weighted by Crippen LogP contribution is 2.08. The number of methoxy groups -OCH3 is 1. The molecule has 0 spiro atoms. The van der Waals surface area contributed by atoms with Crippen LogP contribution in [0.3, 0.4) is 0 Å². The standard InChI is InChI=1S/C10H16N2O2/c1-13-7-9(12-11)8-14-10-5-3-2-4-6-10/h2-6,9,12H,7-8,11H2,1H3. The fraction of sp³-hybridized carbons (Fsp3) is 0.400. The van der Waals surface area contributed by atoms with E-state index in [0.717, 1.165) is 5.75 Å². The summed E-state index contributed by atoms with van der Waals surface area (Å²) in [5, 5.41) is 0. The molecule has 0 saturated heterocycles. The second-order valence-electron chi connectivity index (χ2n) is 2.94. The van der Waals surface area contributed by atoms with Crippen molar-refractivity contribution in [3.63, 3.8) is 0 Å². The lowest BCUT2D eigenvalue weighted by atomic mass is 10.3. The minimum atomic E-state index is 0.0141. The summed E-state index contributed by atoms with van der Waals surface area (Å²) < 4.78 is 10.4. The van der Waals surface area contributed by atoms with Gasteiger partial charge in [-0.1, -0.05) is 18.2 Å². The second kappa shape index (κ2) is 6.37. The first-order chi connectivity index (χ1) is 6.86. The van der Waals surface area contributed by atoms with Gasteiger partial charge in [0.05, 0.1) is 12.6 Å². The van der Waals surface area contributed by atoms with Gasteiger partial charge >= 0.3 is 0 Å². The first kappa shape index (κ1) is 11.0. The number of rotatable bonds is 6. The average Bonchev–Trinajstić information content (AvgIpc) is 2.25. The van der Waals surface area contributed by atoms with Crippen LogP contribution in [0.1, 0.15) is 0 Å². The molecule has 3 N–H and O–H groups in total. The fourth-order valence-corrected chi connectivity index (χ4v) is 1.06. The fourth-order valence-electron chi connectivity index (χ4n) is 1.06.